The molecule has 0 aliphatic carbocycles. The van der Waals surface area contributed by atoms with Crippen LogP contribution >= 0.6 is 11.8 Å². The highest BCUT2D eigenvalue weighted by Crippen LogP contribution is 2.32. The predicted molar refractivity (Wildman–Crippen MR) is 92.8 cm³/mol. The zero-order valence-corrected chi connectivity index (χ0v) is 14.9. The number of amides is 1. The molecule has 1 aliphatic heterocycles. The Labute approximate surface area is 142 Å². The number of sulfone groups is 1. The van der Waals surface area contributed by atoms with Gasteiger partial charge in [-0.15, -0.1) is 11.8 Å². The average Bonchev–Trinajstić information content (AvgIpc) is 2.86. The third kappa shape index (κ3) is 5.82. The maximum Gasteiger partial charge on any atom is 0.252 e. The zero-order valence-electron chi connectivity index (χ0n) is 13.3. The van der Waals surface area contributed by atoms with Gasteiger partial charge in [-0.1, -0.05) is 12.1 Å². The van der Waals surface area contributed by atoms with Gasteiger partial charge in [-0.05, 0) is 31.9 Å². The SMILES string of the molecule is CCOCCCNC(=O)c1ccccc1S[C@H]1CCS(=O)(=O)C1. The average molecular weight is 357 g/mol. The number of carbonyl (C=O) groups is 1. The molecule has 0 radical (unpaired) electrons. The van der Waals surface area contributed by atoms with Crippen LogP contribution < -0.4 is 5.32 Å². The largest absolute Gasteiger partial charge is 0.382 e. The van der Waals surface area contributed by atoms with E-state index in [0.717, 1.165) is 11.3 Å². The molecule has 7 heteroatoms. The topological polar surface area (TPSA) is 72.5 Å². The van der Waals surface area contributed by atoms with Crippen LogP contribution in [0.3, 0.4) is 0 Å². The summed E-state index contributed by atoms with van der Waals surface area (Å²) in [5.74, 6) is 0.323. The molecule has 1 amide bonds. The van der Waals surface area contributed by atoms with E-state index < -0.39 is 9.84 Å². The van der Waals surface area contributed by atoms with Crippen molar-refractivity contribution in [3.05, 3.63) is 29.8 Å². The summed E-state index contributed by atoms with van der Waals surface area (Å²) in [4.78, 5) is 13.2. The zero-order chi connectivity index (χ0) is 16.7. The number of carbonyl (C=O) groups excluding carboxylic acids is 1. The summed E-state index contributed by atoms with van der Waals surface area (Å²) >= 11 is 1.49. The van der Waals surface area contributed by atoms with Crippen molar-refractivity contribution in [1.82, 2.24) is 5.32 Å². The van der Waals surface area contributed by atoms with Crippen LogP contribution in [0, 0.1) is 0 Å². The lowest BCUT2D eigenvalue weighted by Gasteiger charge is -2.12. The number of nitrogens with one attached hydrogen (secondary N) is 1. The van der Waals surface area contributed by atoms with Crippen LogP contribution in [0.2, 0.25) is 0 Å². The summed E-state index contributed by atoms with van der Waals surface area (Å²) in [6.45, 7) is 3.82. The second-order valence-electron chi connectivity index (χ2n) is 5.45. The van der Waals surface area contributed by atoms with Crippen molar-refractivity contribution in [3.63, 3.8) is 0 Å². The molecule has 0 bridgehead atoms. The lowest BCUT2D eigenvalue weighted by atomic mass is 10.2. The third-order valence-corrected chi connectivity index (χ3v) is 6.90. The fourth-order valence-corrected chi connectivity index (χ4v) is 6.03. The monoisotopic (exact) mass is 357 g/mol. The first-order chi connectivity index (χ1) is 11.0. The molecule has 128 valence electrons. The van der Waals surface area contributed by atoms with E-state index in [-0.39, 0.29) is 22.7 Å². The molecule has 0 spiro atoms. The van der Waals surface area contributed by atoms with Crippen molar-refractivity contribution in [3.8, 4) is 0 Å². The molecule has 1 aromatic rings. The highest BCUT2D eigenvalue weighted by molar-refractivity contribution is 8.02. The summed E-state index contributed by atoms with van der Waals surface area (Å²) in [6.07, 6.45) is 1.42. The molecule has 1 aromatic carbocycles. The standard InChI is InChI=1S/C16H23NO4S2/c1-2-21-10-5-9-17-16(18)14-6-3-4-7-15(14)22-13-8-11-23(19,20)12-13/h3-4,6-7,13H,2,5,8-12H2,1H3,(H,17,18)/t13-/m0/s1. The van der Waals surface area contributed by atoms with Crippen LogP contribution in [0.25, 0.3) is 0 Å². The molecule has 1 heterocycles. The van der Waals surface area contributed by atoms with Crippen LogP contribution in [-0.4, -0.2) is 50.8 Å². The highest BCUT2D eigenvalue weighted by atomic mass is 32.2. The van der Waals surface area contributed by atoms with Gasteiger partial charge in [-0.25, -0.2) is 8.42 Å². The van der Waals surface area contributed by atoms with Gasteiger partial charge in [-0.3, -0.25) is 4.79 Å². The molecule has 1 N–H and O–H groups in total. The summed E-state index contributed by atoms with van der Waals surface area (Å²) in [5, 5.41) is 2.92. The van der Waals surface area contributed by atoms with Crippen molar-refractivity contribution in [2.24, 2.45) is 0 Å². The van der Waals surface area contributed by atoms with Gasteiger partial charge < -0.3 is 10.1 Å². The molecule has 0 unspecified atom stereocenters. The Morgan fingerprint density at radius 2 is 2.17 bits per heavy atom. The van der Waals surface area contributed by atoms with E-state index in [9.17, 15) is 13.2 Å². The molecule has 1 aliphatic rings. The van der Waals surface area contributed by atoms with E-state index in [0.29, 0.717) is 31.7 Å². The lowest BCUT2D eigenvalue weighted by molar-refractivity contribution is 0.0941. The van der Waals surface area contributed by atoms with Crippen molar-refractivity contribution in [1.29, 1.82) is 0 Å². The molecule has 2 rings (SSSR count). The Balaban J connectivity index is 1.93. The van der Waals surface area contributed by atoms with E-state index >= 15 is 0 Å². The summed E-state index contributed by atoms with van der Waals surface area (Å²) < 4.78 is 28.4. The maximum absolute atomic E-state index is 12.3. The predicted octanol–water partition coefficient (Wildman–Crippen LogP) is 2.12. The summed E-state index contributed by atoms with van der Waals surface area (Å²) in [5.41, 5.74) is 0.609. The molecule has 23 heavy (non-hydrogen) atoms. The van der Waals surface area contributed by atoms with Gasteiger partial charge in [0.2, 0.25) is 0 Å². The minimum absolute atomic E-state index is 0.0342. The maximum atomic E-state index is 12.3. The van der Waals surface area contributed by atoms with E-state index in [1.807, 2.05) is 25.1 Å². The van der Waals surface area contributed by atoms with Gasteiger partial charge in [0.15, 0.2) is 9.84 Å². The molecule has 1 fully saturated rings. The number of rotatable bonds is 8. The molecule has 0 saturated carbocycles. The number of benzene rings is 1. The fraction of sp³-hybridized carbons (Fsp3) is 0.562. The number of hydrogen-bond donors (Lipinski definition) is 1. The van der Waals surface area contributed by atoms with Crippen molar-refractivity contribution in [2.75, 3.05) is 31.3 Å². The molecular formula is C16H23NO4S2. The van der Waals surface area contributed by atoms with Gasteiger partial charge in [0.1, 0.15) is 0 Å². The summed E-state index contributed by atoms with van der Waals surface area (Å²) in [6, 6.07) is 7.36. The van der Waals surface area contributed by atoms with Gasteiger partial charge in [0.25, 0.3) is 5.91 Å². The van der Waals surface area contributed by atoms with Crippen molar-refractivity contribution in [2.45, 2.75) is 29.9 Å². The Morgan fingerprint density at radius 1 is 1.39 bits per heavy atom. The number of ether oxygens (including phenoxy) is 1. The Hall–Kier alpha value is -1.05. The third-order valence-electron chi connectivity index (χ3n) is 3.57. The number of thioether (sulfide) groups is 1. The molecule has 5 nitrogen and oxygen atoms in total. The van der Waals surface area contributed by atoms with Gasteiger partial charge in [0.05, 0.1) is 17.1 Å². The molecule has 1 atom stereocenters. The molecular weight excluding hydrogens is 334 g/mol. The second kappa shape index (κ2) is 8.70. The summed E-state index contributed by atoms with van der Waals surface area (Å²) in [7, 11) is -2.91. The first kappa shape index (κ1) is 18.3. The van der Waals surface area contributed by atoms with E-state index in [1.54, 1.807) is 6.07 Å². The van der Waals surface area contributed by atoms with Crippen LogP contribution in [0.5, 0.6) is 0 Å². The highest BCUT2D eigenvalue weighted by Gasteiger charge is 2.29. The minimum atomic E-state index is -2.91. The van der Waals surface area contributed by atoms with Gasteiger partial charge in [0, 0.05) is 29.9 Å². The minimum Gasteiger partial charge on any atom is -0.382 e. The van der Waals surface area contributed by atoms with E-state index in [2.05, 4.69) is 5.32 Å². The van der Waals surface area contributed by atoms with Gasteiger partial charge >= 0.3 is 0 Å². The fourth-order valence-electron chi connectivity index (χ4n) is 2.41. The Morgan fingerprint density at radius 3 is 2.87 bits per heavy atom. The quantitative estimate of drug-likeness (QED) is 0.722. The van der Waals surface area contributed by atoms with E-state index in [4.69, 9.17) is 4.74 Å². The Kier molecular flexibility index (Phi) is 6.92. The van der Waals surface area contributed by atoms with Crippen LogP contribution in [0.15, 0.2) is 29.2 Å². The number of hydrogen-bond acceptors (Lipinski definition) is 5. The molecule has 0 aromatic heterocycles. The van der Waals surface area contributed by atoms with E-state index in [1.165, 1.54) is 11.8 Å². The van der Waals surface area contributed by atoms with Crippen molar-refractivity contribution < 1.29 is 17.9 Å². The second-order valence-corrected chi connectivity index (χ2v) is 9.02. The van der Waals surface area contributed by atoms with Crippen LogP contribution in [-0.2, 0) is 14.6 Å². The molecule has 1 saturated heterocycles. The first-order valence-corrected chi connectivity index (χ1v) is 10.5. The Bertz CT molecular complexity index is 631. The first-order valence-electron chi connectivity index (χ1n) is 7.84. The van der Waals surface area contributed by atoms with Crippen LogP contribution in [0.4, 0.5) is 0 Å². The smallest absolute Gasteiger partial charge is 0.252 e. The lowest BCUT2D eigenvalue weighted by Crippen LogP contribution is -2.26. The van der Waals surface area contributed by atoms with Gasteiger partial charge in [-0.2, -0.15) is 0 Å². The normalized spacial score (nSPS) is 19.6. The van der Waals surface area contributed by atoms with Crippen LogP contribution in [0.1, 0.15) is 30.1 Å². The van der Waals surface area contributed by atoms with Crippen molar-refractivity contribution >= 4 is 27.5 Å².